The number of hydrogen-bond donors (Lipinski definition) is 1. The average Bonchev–Trinajstić information content (AvgIpc) is 2.46. The molecule has 0 aliphatic rings. The highest BCUT2D eigenvalue weighted by molar-refractivity contribution is 5.23. The SMILES string of the molecule is CCc1ccc(CN[C@@H](C)c2ccccc2)cc1. The van der Waals surface area contributed by atoms with E-state index < -0.39 is 0 Å². The highest BCUT2D eigenvalue weighted by Gasteiger charge is 2.03. The molecular weight excluding hydrogens is 218 g/mol. The van der Waals surface area contributed by atoms with Crippen LogP contribution in [0.2, 0.25) is 0 Å². The van der Waals surface area contributed by atoms with Gasteiger partial charge in [0.25, 0.3) is 0 Å². The molecule has 0 saturated heterocycles. The molecule has 0 unspecified atom stereocenters. The molecule has 0 aliphatic heterocycles. The summed E-state index contributed by atoms with van der Waals surface area (Å²) in [5.41, 5.74) is 4.08. The first-order valence-electron chi connectivity index (χ1n) is 6.65. The Morgan fingerprint density at radius 2 is 1.50 bits per heavy atom. The molecule has 0 bridgehead atoms. The van der Waals surface area contributed by atoms with Crippen LogP contribution in [0.4, 0.5) is 0 Å². The van der Waals surface area contributed by atoms with Crippen LogP contribution < -0.4 is 5.32 Å². The van der Waals surface area contributed by atoms with Gasteiger partial charge in [0.2, 0.25) is 0 Å². The predicted molar refractivity (Wildman–Crippen MR) is 77.5 cm³/mol. The Kier molecular flexibility index (Phi) is 4.54. The summed E-state index contributed by atoms with van der Waals surface area (Å²) in [7, 11) is 0. The van der Waals surface area contributed by atoms with Crippen LogP contribution in [-0.2, 0) is 13.0 Å². The maximum absolute atomic E-state index is 3.55. The predicted octanol–water partition coefficient (Wildman–Crippen LogP) is 4.10. The molecule has 94 valence electrons. The first-order valence-corrected chi connectivity index (χ1v) is 6.65. The van der Waals surface area contributed by atoms with E-state index >= 15 is 0 Å². The minimum atomic E-state index is 0.386. The van der Waals surface area contributed by atoms with Crippen molar-refractivity contribution in [1.29, 1.82) is 0 Å². The summed E-state index contributed by atoms with van der Waals surface area (Å²) in [6.07, 6.45) is 1.11. The van der Waals surface area contributed by atoms with Gasteiger partial charge in [-0.2, -0.15) is 0 Å². The van der Waals surface area contributed by atoms with Gasteiger partial charge in [-0.3, -0.25) is 0 Å². The van der Waals surface area contributed by atoms with Crippen molar-refractivity contribution in [2.45, 2.75) is 32.9 Å². The summed E-state index contributed by atoms with van der Waals surface area (Å²) < 4.78 is 0. The zero-order valence-electron chi connectivity index (χ0n) is 11.2. The van der Waals surface area contributed by atoms with Gasteiger partial charge in [0.05, 0.1) is 0 Å². The fourth-order valence-corrected chi connectivity index (χ4v) is 2.02. The maximum Gasteiger partial charge on any atom is 0.0294 e. The molecule has 1 nitrogen and oxygen atoms in total. The normalized spacial score (nSPS) is 12.3. The molecule has 2 aromatic rings. The quantitative estimate of drug-likeness (QED) is 0.828. The van der Waals surface area contributed by atoms with Crippen molar-refractivity contribution in [3.05, 3.63) is 71.3 Å². The second kappa shape index (κ2) is 6.36. The van der Waals surface area contributed by atoms with Crippen LogP contribution in [0.1, 0.15) is 36.6 Å². The highest BCUT2D eigenvalue weighted by atomic mass is 14.9. The van der Waals surface area contributed by atoms with Gasteiger partial charge in [-0.15, -0.1) is 0 Å². The van der Waals surface area contributed by atoms with Crippen LogP contribution in [-0.4, -0.2) is 0 Å². The molecule has 0 aliphatic carbocycles. The third-order valence-corrected chi connectivity index (χ3v) is 3.34. The zero-order valence-corrected chi connectivity index (χ0v) is 11.2. The summed E-state index contributed by atoms with van der Waals surface area (Å²) in [5, 5.41) is 3.55. The Morgan fingerprint density at radius 1 is 0.889 bits per heavy atom. The van der Waals surface area contributed by atoms with Gasteiger partial charge in [-0.05, 0) is 30.0 Å². The molecule has 18 heavy (non-hydrogen) atoms. The summed E-state index contributed by atoms with van der Waals surface area (Å²) in [6.45, 7) is 5.31. The van der Waals surface area contributed by atoms with E-state index in [1.807, 2.05) is 0 Å². The third kappa shape index (κ3) is 3.44. The van der Waals surface area contributed by atoms with Crippen LogP contribution in [0.5, 0.6) is 0 Å². The van der Waals surface area contributed by atoms with Gasteiger partial charge in [0, 0.05) is 12.6 Å². The lowest BCUT2D eigenvalue weighted by Gasteiger charge is -2.14. The number of benzene rings is 2. The summed E-state index contributed by atoms with van der Waals surface area (Å²) >= 11 is 0. The monoisotopic (exact) mass is 239 g/mol. The maximum atomic E-state index is 3.55. The Hall–Kier alpha value is -1.60. The fourth-order valence-electron chi connectivity index (χ4n) is 2.02. The van der Waals surface area contributed by atoms with Gasteiger partial charge < -0.3 is 5.32 Å². The van der Waals surface area contributed by atoms with Gasteiger partial charge in [0.15, 0.2) is 0 Å². The summed E-state index contributed by atoms with van der Waals surface area (Å²) in [6, 6.07) is 19.8. The van der Waals surface area contributed by atoms with Gasteiger partial charge in [-0.25, -0.2) is 0 Å². The standard InChI is InChI=1S/C17H21N/c1-3-15-9-11-16(12-10-15)13-18-14(2)17-7-5-4-6-8-17/h4-12,14,18H,3,13H2,1-2H3/t14-/m0/s1. The largest absolute Gasteiger partial charge is 0.306 e. The topological polar surface area (TPSA) is 12.0 Å². The lowest BCUT2D eigenvalue weighted by atomic mass is 10.1. The van der Waals surface area contributed by atoms with E-state index in [-0.39, 0.29) is 0 Å². The van der Waals surface area contributed by atoms with Crippen LogP contribution in [0.15, 0.2) is 54.6 Å². The molecule has 0 saturated carbocycles. The van der Waals surface area contributed by atoms with Crippen molar-refractivity contribution in [1.82, 2.24) is 5.32 Å². The minimum absolute atomic E-state index is 0.386. The fraction of sp³-hybridized carbons (Fsp3) is 0.294. The second-order valence-corrected chi connectivity index (χ2v) is 4.68. The van der Waals surface area contributed by atoms with E-state index in [0.29, 0.717) is 6.04 Å². The van der Waals surface area contributed by atoms with E-state index in [1.165, 1.54) is 16.7 Å². The molecule has 0 amide bonds. The van der Waals surface area contributed by atoms with Crippen molar-refractivity contribution in [3.63, 3.8) is 0 Å². The molecule has 0 spiro atoms. The molecule has 0 fully saturated rings. The Morgan fingerprint density at radius 3 is 2.11 bits per heavy atom. The van der Waals surface area contributed by atoms with Gasteiger partial charge >= 0.3 is 0 Å². The van der Waals surface area contributed by atoms with Crippen LogP contribution in [0.3, 0.4) is 0 Å². The smallest absolute Gasteiger partial charge is 0.0294 e. The average molecular weight is 239 g/mol. The summed E-state index contributed by atoms with van der Waals surface area (Å²) in [4.78, 5) is 0. The lowest BCUT2D eigenvalue weighted by molar-refractivity contribution is 0.574. The molecule has 1 heteroatoms. The van der Waals surface area contributed by atoms with Crippen molar-refractivity contribution >= 4 is 0 Å². The number of aryl methyl sites for hydroxylation is 1. The van der Waals surface area contributed by atoms with Crippen molar-refractivity contribution in [3.8, 4) is 0 Å². The molecule has 2 rings (SSSR count). The Labute approximate surface area is 110 Å². The number of rotatable bonds is 5. The van der Waals surface area contributed by atoms with Crippen LogP contribution >= 0.6 is 0 Å². The van der Waals surface area contributed by atoms with Crippen LogP contribution in [0.25, 0.3) is 0 Å². The first-order chi connectivity index (χ1) is 8.79. The minimum Gasteiger partial charge on any atom is -0.306 e. The second-order valence-electron chi connectivity index (χ2n) is 4.68. The molecule has 1 N–H and O–H groups in total. The lowest BCUT2D eigenvalue weighted by Crippen LogP contribution is -2.17. The molecule has 1 atom stereocenters. The number of hydrogen-bond acceptors (Lipinski definition) is 1. The zero-order chi connectivity index (χ0) is 12.8. The molecule has 0 aromatic heterocycles. The van der Waals surface area contributed by atoms with Crippen LogP contribution in [0, 0.1) is 0 Å². The molecule has 0 heterocycles. The van der Waals surface area contributed by atoms with E-state index in [9.17, 15) is 0 Å². The van der Waals surface area contributed by atoms with Crippen molar-refractivity contribution < 1.29 is 0 Å². The molecular formula is C17H21N. The van der Waals surface area contributed by atoms with Gasteiger partial charge in [0.1, 0.15) is 0 Å². The van der Waals surface area contributed by atoms with E-state index in [0.717, 1.165) is 13.0 Å². The van der Waals surface area contributed by atoms with Gasteiger partial charge in [-0.1, -0.05) is 61.5 Å². The number of nitrogens with one attached hydrogen (secondary N) is 1. The van der Waals surface area contributed by atoms with E-state index in [1.54, 1.807) is 0 Å². The Balaban J connectivity index is 1.91. The highest BCUT2D eigenvalue weighted by Crippen LogP contribution is 2.12. The van der Waals surface area contributed by atoms with E-state index in [2.05, 4.69) is 73.8 Å². The molecule has 2 aromatic carbocycles. The van der Waals surface area contributed by atoms with Crippen molar-refractivity contribution in [2.24, 2.45) is 0 Å². The molecule has 0 radical (unpaired) electrons. The first kappa shape index (κ1) is 12.8. The van der Waals surface area contributed by atoms with Crippen molar-refractivity contribution in [2.75, 3.05) is 0 Å². The van der Waals surface area contributed by atoms with E-state index in [4.69, 9.17) is 0 Å². The Bertz CT molecular complexity index is 459. The summed E-state index contributed by atoms with van der Waals surface area (Å²) in [5.74, 6) is 0. The third-order valence-electron chi connectivity index (χ3n) is 3.34.